The van der Waals surface area contributed by atoms with Gasteiger partial charge in [0, 0.05) is 12.5 Å². The van der Waals surface area contributed by atoms with Crippen molar-refractivity contribution in [1.29, 1.82) is 0 Å². The number of methoxy groups -OCH3 is 1. The van der Waals surface area contributed by atoms with Crippen LogP contribution in [-0.2, 0) is 26.2 Å². The largest absolute Gasteiger partial charge is 0.472 e. The zero-order chi connectivity index (χ0) is 22.7. The predicted molar refractivity (Wildman–Crippen MR) is 109 cm³/mol. The Morgan fingerprint density at radius 2 is 2.00 bits per heavy atom. The van der Waals surface area contributed by atoms with Gasteiger partial charge in [-0.05, 0) is 43.7 Å². The van der Waals surface area contributed by atoms with E-state index >= 15 is 0 Å². The summed E-state index contributed by atoms with van der Waals surface area (Å²) < 4.78 is 38.7. The minimum atomic E-state index is -3.16. The van der Waals surface area contributed by atoms with Gasteiger partial charge < -0.3 is 15.2 Å². The van der Waals surface area contributed by atoms with Crippen LogP contribution in [-0.4, -0.2) is 41.7 Å². The lowest BCUT2D eigenvalue weighted by Gasteiger charge is -2.29. The summed E-state index contributed by atoms with van der Waals surface area (Å²) in [6, 6.07) is 8.51. The van der Waals surface area contributed by atoms with Crippen LogP contribution in [0.25, 0.3) is 0 Å². The molecule has 0 saturated heterocycles. The number of carbonyl (C=O) groups excluding carboxylic acids is 2. The van der Waals surface area contributed by atoms with Gasteiger partial charge in [0.1, 0.15) is 0 Å². The SMILES string of the molecule is COC(=O)C1(Cc2cccc(C(C)(CCC(F)(F)COc3ccn[nH]3)C(N)=O)c2)CC1. The highest BCUT2D eigenvalue weighted by Crippen LogP contribution is 2.49. The Kier molecular flexibility index (Phi) is 6.33. The van der Waals surface area contributed by atoms with Crippen molar-refractivity contribution >= 4 is 11.9 Å². The van der Waals surface area contributed by atoms with Crippen molar-refractivity contribution in [3.05, 3.63) is 47.7 Å². The number of esters is 1. The van der Waals surface area contributed by atoms with Gasteiger partial charge in [-0.1, -0.05) is 24.3 Å². The van der Waals surface area contributed by atoms with E-state index in [2.05, 4.69) is 10.2 Å². The molecule has 7 nitrogen and oxygen atoms in total. The molecule has 1 fully saturated rings. The molecule has 0 radical (unpaired) electrons. The summed E-state index contributed by atoms with van der Waals surface area (Å²) in [5.41, 5.74) is 5.19. The molecule has 3 N–H and O–H groups in total. The van der Waals surface area contributed by atoms with E-state index in [-0.39, 0.29) is 18.3 Å². The molecule has 1 heterocycles. The van der Waals surface area contributed by atoms with Gasteiger partial charge in [0.25, 0.3) is 5.92 Å². The van der Waals surface area contributed by atoms with Crippen LogP contribution in [0.4, 0.5) is 8.78 Å². The third kappa shape index (κ3) is 5.21. The summed E-state index contributed by atoms with van der Waals surface area (Å²) in [5, 5.41) is 6.10. The maximum atomic E-state index is 14.4. The van der Waals surface area contributed by atoms with Crippen LogP contribution in [0.2, 0.25) is 0 Å². The van der Waals surface area contributed by atoms with Gasteiger partial charge in [0.15, 0.2) is 6.61 Å². The molecule has 9 heteroatoms. The highest BCUT2D eigenvalue weighted by atomic mass is 19.3. The van der Waals surface area contributed by atoms with Gasteiger partial charge in [0.2, 0.25) is 11.8 Å². The molecule has 31 heavy (non-hydrogen) atoms. The number of rotatable bonds is 11. The van der Waals surface area contributed by atoms with Crippen LogP contribution in [0.5, 0.6) is 5.88 Å². The van der Waals surface area contributed by atoms with Crippen LogP contribution in [0.1, 0.15) is 43.7 Å². The molecule has 1 amide bonds. The number of ether oxygens (including phenoxy) is 2. The number of halogens is 2. The first-order chi connectivity index (χ1) is 14.6. The van der Waals surface area contributed by atoms with E-state index in [1.165, 1.54) is 19.4 Å². The van der Waals surface area contributed by atoms with E-state index in [1.54, 1.807) is 25.1 Å². The second-order valence-electron chi connectivity index (χ2n) is 8.41. The van der Waals surface area contributed by atoms with E-state index in [1.807, 2.05) is 6.07 Å². The number of alkyl halides is 2. The number of nitrogens with one attached hydrogen (secondary N) is 1. The fourth-order valence-electron chi connectivity index (χ4n) is 3.66. The second-order valence-corrected chi connectivity index (χ2v) is 8.41. The minimum absolute atomic E-state index is 0.143. The zero-order valence-corrected chi connectivity index (χ0v) is 17.6. The molecule has 0 spiro atoms. The average Bonchev–Trinajstić information content (AvgIpc) is 3.32. The van der Waals surface area contributed by atoms with Crippen LogP contribution in [0.3, 0.4) is 0 Å². The summed E-state index contributed by atoms with van der Waals surface area (Å²) in [4.78, 5) is 24.4. The molecule has 3 rings (SSSR count). The fraction of sp³-hybridized carbons (Fsp3) is 0.500. The van der Waals surface area contributed by atoms with Gasteiger partial charge in [-0.3, -0.25) is 9.59 Å². The zero-order valence-electron chi connectivity index (χ0n) is 17.6. The standard InChI is InChI=1S/C22H27F2N3O4/c1-20(18(25)28,7-10-22(23,24)14-31-17-6-11-26-27-17)16-5-3-4-15(12-16)13-21(8-9-21)19(29)30-2/h3-6,11-12H,7-10,13-14H2,1-2H3,(H2,25,28)(H,26,27). The van der Waals surface area contributed by atoms with E-state index in [0.717, 1.165) is 18.4 Å². The van der Waals surface area contributed by atoms with Crippen molar-refractivity contribution < 1.29 is 27.8 Å². The highest BCUT2D eigenvalue weighted by molar-refractivity contribution is 5.86. The molecule has 1 aliphatic rings. The predicted octanol–water partition coefficient (Wildman–Crippen LogP) is 3.14. The fourth-order valence-corrected chi connectivity index (χ4v) is 3.66. The minimum Gasteiger partial charge on any atom is -0.472 e. The Balaban J connectivity index is 1.71. The number of carbonyl (C=O) groups is 2. The van der Waals surface area contributed by atoms with Gasteiger partial charge in [0.05, 0.1) is 24.1 Å². The number of nitrogens with zero attached hydrogens (tertiary/aromatic N) is 1. The number of H-pyrrole nitrogens is 1. The molecule has 0 bridgehead atoms. The van der Waals surface area contributed by atoms with Crippen LogP contribution >= 0.6 is 0 Å². The molecule has 1 aromatic heterocycles. The Labute approximate surface area is 179 Å². The molecule has 1 aliphatic carbocycles. The highest BCUT2D eigenvalue weighted by Gasteiger charge is 2.51. The summed E-state index contributed by atoms with van der Waals surface area (Å²) >= 11 is 0. The van der Waals surface area contributed by atoms with Crippen molar-refractivity contribution in [3.63, 3.8) is 0 Å². The van der Waals surface area contributed by atoms with Crippen LogP contribution in [0.15, 0.2) is 36.5 Å². The summed E-state index contributed by atoms with van der Waals surface area (Å²) in [5.74, 6) is -3.97. The third-order valence-corrected chi connectivity index (χ3v) is 6.03. The first-order valence-corrected chi connectivity index (χ1v) is 10.1. The summed E-state index contributed by atoms with van der Waals surface area (Å²) in [7, 11) is 1.36. The second kappa shape index (κ2) is 8.64. The topological polar surface area (TPSA) is 107 Å². The van der Waals surface area contributed by atoms with Crippen LogP contribution in [0, 0.1) is 5.41 Å². The third-order valence-electron chi connectivity index (χ3n) is 6.03. The average molecular weight is 435 g/mol. The maximum Gasteiger partial charge on any atom is 0.312 e. The van der Waals surface area contributed by atoms with Crippen molar-refractivity contribution in [1.82, 2.24) is 10.2 Å². The lowest BCUT2D eigenvalue weighted by atomic mass is 9.76. The number of hydrogen-bond donors (Lipinski definition) is 2. The van der Waals surface area contributed by atoms with E-state index in [9.17, 15) is 18.4 Å². The van der Waals surface area contributed by atoms with Gasteiger partial charge >= 0.3 is 5.97 Å². The Morgan fingerprint density at radius 1 is 1.26 bits per heavy atom. The molecule has 2 aromatic rings. The lowest BCUT2D eigenvalue weighted by Crippen LogP contribution is -2.40. The molecule has 1 aromatic carbocycles. The molecule has 1 saturated carbocycles. The Hall–Kier alpha value is -2.97. The number of benzene rings is 1. The number of primary amides is 1. The normalized spacial score (nSPS) is 16.9. The summed E-state index contributed by atoms with van der Waals surface area (Å²) in [6.45, 7) is 0.721. The monoisotopic (exact) mass is 435 g/mol. The molecular formula is C22H27F2N3O4. The van der Waals surface area contributed by atoms with Crippen molar-refractivity contribution in [2.24, 2.45) is 11.1 Å². The van der Waals surface area contributed by atoms with Crippen molar-refractivity contribution in [3.8, 4) is 5.88 Å². The number of nitrogens with two attached hydrogens (primary N) is 1. The lowest BCUT2D eigenvalue weighted by molar-refractivity contribution is -0.147. The van der Waals surface area contributed by atoms with Gasteiger partial charge in [-0.25, -0.2) is 13.9 Å². The van der Waals surface area contributed by atoms with E-state index < -0.39 is 35.7 Å². The molecule has 168 valence electrons. The maximum absolute atomic E-state index is 14.4. The molecule has 0 aliphatic heterocycles. The number of aromatic nitrogens is 2. The Bertz CT molecular complexity index is 929. The van der Waals surface area contributed by atoms with Gasteiger partial charge in [-0.2, -0.15) is 5.10 Å². The van der Waals surface area contributed by atoms with Crippen molar-refractivity contribution in [2.75, 3.05) is 13.7 Å². The Morgan fingerprint density at radius 3 is 2.58 bits per heavy atom. The smallest absolute Gasteiger partial charge is 0.312 e. The quantitative estimate of drug-likeness (QED) is 0.527. The number of aromatic amines is 1. The van der Waals surface area contributed by atoms with E-state index in [0.29, 0.717) is 12.0 Å². The molecule has 1 atom stereocenters. The number of amides is 1. The summed E-state index contributed by atoms with van der Waals surface area (Å²) in [6.07, 6.45) is 2.59. The first-order valence-electron chi connectivity index (χ1n) is 10.1. The van der Waals surface area contributed by atoms with Gasteiger partial charge in [-0.15, -0.1) is 0 Å². The molecule has 1 unspecified atom stereocenters. The van der Waals surface area contributed by atoms with Crippen molar-refractivity contribution in [2.45, 2.75) is 50.4 Å². The number of hydrogen-bond acceptors (Lipinski definition) is 5. The van der Waals surface area contributed by atoms with Crippen LogP contribution < -0.4 is 10.5 Å². The first kappa shape index (κ1) is 22.7. The molecular weight excluding hydrogens is 408 g/mol. The van der Waals surface area contributed by atoms with E-state index in [4.69, 9.17) is 15.2 Å².